The quantitative estimate of drug-likeness (QED) is 0.237. The molecule has 1 fully saturated rings. The second-order valence-corrected chi connectivity index (χ2v) is 8.93. The molecule has 1 aromatic heterocycles. The second kappa shape index (κ2) is 8.39. The van der Waals surface area contributed by atoms with Gasteiger partial charge in [0, 0.05) is 5.56 Å². The van der Waals surface area contributed by atoms with Crippen LogP contribution < -0.4 is 4.90 Å². The van der Waals surface area contributed by atoms with E-state index in [0.29, 0.717) is 16.2 Å². The Morgan fingerprint density at radius 1 is 1.06 bits per heavy atom. The van der Waals surface area contributed by atoms with Crippen LogP contribution in [0.2, 0.25) is 0 Å². The molecule has 4 aromatic rings. The number of aryl methyl sites for hydroxylation is 1. The molecule has 8 heteroatoms. The Hall–Kier alpha value is -4.04. The average molecular weight is 475 g/mol. The number of nitrogens with zero attached hydrogens (tertiary/aromatic N) is 2. The van der Waals surface area contributed by atoms with Gasteiger partial charge in [-0.3, -0.25) is 14.5 Å². The molecular weight excluding hydrogens is 455 g/mol. The third-order valence-electron chi connectivity index (χ3n) is 5.83. The summed E-state index contributed by atoms with van der Waals surface area (Å²) < 4.78 is 14.3. The minimum Gasteiger partial charge on any atom is -0.508 e. The number of thiazole rings is 1. The molecule has 2 heterocycles. The summed E-state index contributed by atoms with van der Waals surface area (Å²) in [6, 6.07) is 15.9. The Morgan fingerprint density at radius 2 is 1.76 bits per heavy atom. The van der Waals surface area contributed by atoms with Gasteiger partial charge >= 0.3 is 5.91 Å². The van der Waals surface area contributed by atoms with E-state index >= 15 is 0 Å². The number of benzene rings is 3. The summed E-state index contributed by atoms with van der Waals surface area (Å²) in [5.41, 5.74) is 2.41. The Bertz CT molecular complexity index is 1460. The molecule has 0 radical (unpaired) electrons. The molecule has 34 heavy (non-hydrogen) atoms. The lowest BCUT2D eigenvalue weighted by molar-refractivity contribution is -0.132. The molecule has 1 aliphatic rings. The van der Waals surface area contributed by atoms with Gasteiger partial charge in [0.05, 0.1) is 21.8 Å². The number of carbonyl (C=O) groups is 2. The van der Waals surface area contributed by atoms with Crippen molar-refractivity contribution in [1.29, 1.82) is 0 Å². The highest BCUT2D eigenvalue weighted by molar-refractivity contribution is 7.22. The number of hydrogen-bond donors (Lipinski definition) is 2. The van der Waals surface area contributed by atoms with Gasteiger partial charge in [-0.2, -0.15) is 0 Å². The van der Waals surface area contributed by atoms with Crippen molar-refractivity contribution in [2.75, 3.05) is 4.90 Å². The van der Waals surface area contributed by atoms with Gasteiger partial charge in [-0.15, -0.1) is 0 Å². The highest BCUT2D eigenvalue weighted by Gasteiger charge is 2.48. The Labute approximate surface area is 198 Å². The van der Waals surface area contributed by atoms with E-state index in [9.17, 15) is 24.2 Å². The number of halogens is 1. The van der Waals surface area contributed by atoms with Crippen LogP contribution in [-0.2, 0) is 16.0 Å². The van der Waals surface area contributed by atoms with Crippen LogP contribution in [0.4, 0.5) is 9.52 Å². The van der Waals surface area contributed by atoms with Crippen LogP contribution in [0.1, 0.15) is 29.7 Å². The maximum absolute atomic E-state index is 13.4. The van der Waals surface area contributed by atoms with E-state index < -0.39 is 29.3 Å². The molecule has 170 valence electrons. The van der Waals surface area contributed by atoms with E-state index in [0.717, 1.165) is 16.7 Å². The van der Waals surface area contributed by atoms with Crippen LogP contribution in [0.25, 0.3) is 16.0 Å². The zero-order valence-corrected chi connectivity index (χ0v) is 18.8. The van der Waals surface area contributed by atoms with Gasteiger partial charge in [0.15, 0.2) is 5.13 Å². The number of hydrogen-bond acceptors (Lipinski definition) is 6. The number of fused-ring (bicyclic) bond motifs is 1. The van der Waals surface area contributed by atoms with Crippen LogP contribution in [0.5, 0.6) is 5.75 Å². The fourth-order valence-electron chi connectivity index (χ4n) is 4.04. The van der Waals surface area contributed by atoms with E-state index in [2.05, 4.69) is 4.98 Å². The number of carbonyl (C=O) groups excluding carboxylic acids is 2. The van der Waals surface area contributed by atoms with Crippen LogP contribution in [-0.4, -0.2) is 26.9 Å². The van der Waals surface area contributed by atoms with E-state index in [1.54, 1.807) is 12.1 Å². The predicted molar refractivity (Wildman–Crippen MR) is 128 cm³/mol. The Morgan fingerprint density at radius 3 is 2.44 bits per heavy atom. The number of aromatic nitrogens is 1. The molecule has 5 rings (SSSR count). The van der Waals surface area contributed by atoms with Crippen molar-refractivity contribution < 1.29 is 24.2 Å². The Balaban J connectivity index is 1.71. The van der Waals surface area contributed by atoms with E-state index in [4.69, 9.17) is 0 Å². The van der Waals surface area contributed by atoms with Gasteiger partial charge in [-0.25, -0.2) is 9.37 Å². The third-order valence-corrected chi connectivity index (χ3v) is 6.84. The largest absolute Gasteiger partial charge is 0.508 e. The molecule has 2 N–H and O–H groups in total. The zero-order valence-electron chi connectivity index (χ0n) is 18.0. The third kappa shape index (κ3) is 3.62. The number of ketones is 1. The minimum absolute atomic E-state index is 0.0197. The molecule has 1 atom stereocenters. The number of anilines is 1. The zero-order chi connectivity index (χ0) is 24.0. The van der Waals surface area contributed by atoms with Crippen LogP contribution in [0.15, 0.2) is 72.3 Å². The fraction of sp³-hybridized carbons (Fsp3) is 0.115. The van der Waals surface area contributed by atoms with Gasteiger partial charge in [-0.1, -0.05) is 36.5 Å². The van der Waals surface area contributed by atoms with E-state index in [-0.39, 0.29) is 16.9 Å². The number of rotatable bonds is 4. The second-order valence-electron chi connectivity index (χ2n) is 7.92. The molecule has 3 aromatic carbocycles. The monoisotopic (exact) mass is 474 g/mol. The van der Waals surface area contributed by atoms with Crippen LogP contribution >= 0.6 is 11.3 Å². The van der Waals surface area contributed by atoms with Crippen molar-refractivity contribution in [3.63, 3.8) is 0 Å². The number of aromatic hydroxyl groups is 1. The number of aliphatic hydroxyl groups is 1. The summed E-state index contributed by atoms with van der Waals surface area (Å²) in [5.74, 6) is -2.57. The van der Waals surface area contributed by atoms with Crippen molar-refractivity contribution in [3.05, 3.63) is 94.8 Å². The molecule has 1 saturated heterocycles. The number of aliphatic hydroxyl groups excluding tert-OH is 1. The summed E-state index contributed by atoms with van der Waals surface area (Å²) in [6.45, 7) is 2.04. The summed E-state index contributed by atoms with van der Waals surface area (Å²) in [4.78, 5) is 32.3. The van der Waals surface area contributed by atoms with Gasteiger partial charge in [0.25, 0.3) is 5.78 Å². The normalized spacial score (nSPS) is 17.6. The van der Waals surface area contributed by atoms with Crippen molar-refractivity contribution >= 4 is 44.1 Å². The van der Waals surface area contributed by atoms with Gasteiger partial charge in [0.2, 0.25) is 0 Å². The highest BCUT2D eigenvalue weighted by Crippen LogP contribution is 2.44. The van der Waals surface area contributed by atoms with E-state index in [1.165, 1.54) is 52.6 Å². The lowest BCUT2D eigenvalue weighted by atomic mass is 9.95. The first-order chi connectivity index (χ1) is 16.4. The lowest BCUT2D eigenvalue weighted by Crippen LogP contribution is -2.29. The van der Waals surface area contributed by atoms with Crippen LogP contribution in [0.3, 0.4) is 0 Å². The van der Waals surface area contributed by atoms with Gasteiger partial charge < -0.3 is 10.2 Å². The summed E-state index contributed by atoms with van der Waals surface area (Å²) >= 11 is 1.28. The Kier molecular flexibility index (Phi) is 5.37. The van der Waals surface area contributed by atoms with Crippen molar-refractivity contribution in [2.45, 2.75) is 19.4 Å². The molecule has 1 amide bonds. The first-order valence-corrected chi connectivity index (χ1v) is 11.4. The molecule has 1 aliphatic heterocycles. The number of phenolic OH excluding ortho intramolecular Hbond substituents is 1. The molecular formula is C26H19FN2O4S. The first-order valence-electron chi connectivity index (χ1n) is 10.6. The fourth-order valence-corrected chi connectivity index (χ4v) is 5.10. The minimum atomic E-state index is -0.975. The lowest BCUT2D eigenvalue weighted by Gasteiger charge is -2.23. The first kappa shape index (κ1) is 21.8. The van der Waals surface area contributed by atoms with Crippen molar-refractivity contribution in [3.8, 4) is 5.75 Å². The molecule has 0 spiro atoms. The molecule has 0 unspecified atom stereocenters. The summed E-state index contributed by atoms with van der Waals surface area (Å²) in [7, 11) is 0. The maximum atomic E-state index is 13.4. The molecule has 0 saturated carbocycles. The maximum Gasteiger partial charge on any atom is 0.301 e. The van der Waals surface area contributed by atoms with Gasteiger partial charge in [-0.05, 0) is 66.1 Å². The topological polar surface area (TPSA) is 90.7 Å². The summed E-state index contributed by atoms with van der Waals surface area (Å²) in [5, 5.41) is 21.1. The number of amides is 1. The highest BCUT2D eigenvalue weighted by atomic mass is 32.1. The molecule has 6 nitrogen and oxygen atoms in total. The standard InChI is InChI=1S/C26H19FN2O4S/c1-2-14-3-12-19-20(13-14)34-26(28-19)29-22(15-6-10-18(30)11-7-15)21(24(32)25(29)33)23(31)16-4-8-17(27)9-5-16/h3-13,22,30-31H,2H2,1H3/t22-/m1/s1. The van der Waals surface area contributed by atoms with Gasteiger partial charge in [0.1, 0.15) is 17.3 Å². The molecule has 0 aliphatic carbocycles. The average Bonchev–Trinajstić information content (AvgIpc) is 3.37. The van der Waals surface area contributed by atoms with Crippen molar-refractivity contribution in [1.82, 2.24) is 4.98 Å². The van der Waals surface area contributed by atoms with Crippen molar-refractivity contribution in [2.24, 2.45) is 0 Å². The smallest absolute Gasteiger partial charge is 0.301 e. The number of phenols is 1. The predicted octanol–water partition coefficient (Wildman–Crippen LogP) is 5.33. The summed E-state index contributed by atoms with van der Waals surface area (Å²) in [6.07, 6.45) is 0.846. The van der Waals surface area contributed by atoms with E-state index in [1.807, 2.05) is 25.1 Å². The number of Topliss-reactive ketones (excluding diaryl/α,β-unsaturated/α-hetero) is 1. The van der Waals surface area contributed by atoms with Crippen LogP contribution in [0, 0.1) is 5.82 Å². The SMILES string of the molecule is CCc1ccc2nc(N3C(=O)C(=O)C(=C(O)c4ccc(F)cc4)[C@H]3c3ccc(O)cc3)sc2c1. The molecule has 0 bridgehead atoms.